The number of hydrogen-bond donors (Lipinski definition) is 6. The Morgan fingerprint density at radius 1 is 0.583 bits per heavy atom. The fourth-order valence-electron chi connectivity index (χ4n) is 0. The molecule has 0 saturated heterocycles. The Labute approximate surface area is 93.0 Å². The van der Waals surface area contributed by atoms with Crippen molar-refractivity contribution in [3.8, 4) is 0 Å². The number of hydrogen-bond acceptors (Lipinski definition) is 2. The van der Waals surface area contributed by atoms with Crippen LogP contribution in [0.2, 0.25) is 0 Å². The molecular formula is H6O8P2Zn2. The van der Waals surface area contributed by atoms with Crippen LogP contribution >= 0.6 is 15.6 Å². The van der Waals surface area contributed by atoms with Gasteiger partial charge in [0.25, 0.3) is 0 Å². The van der Waals surface area contributed by atoms with Gasteiger partial charge in [0.15, 0.2) is 0 Å². The van der Waals surface area contributed by atoms with Crippen LogP contribution in [0.1, 0.15) is 0 Å². The van der Waals surface area contributed by atoms with Gasteiger partial charge in [0.1, 0.15) is 0 Å². The number of rotatable bonds is 0. The van der Waals surface area contributed by atoms with Crippen LogP contribution in [-0.4, -0.2) is 29.4 Å². The van der Waals surface area contributed by atoms with Crippen molar-refractivity contribution in [1.82, 2.24) is 0 Å². The topological polar surface area (TPSA) is 156 Å². The summed E-state index contributed by atoms with van der Waals surface area (Å²) in [6.45, 7) is 0. The van der Waals surface area contributed by atoms with Gasteiger partial charge in [0, 0.05) is 39.0 Å². The minimum atomic E-state index is -4.64. The molecule has 0 aromatic rings. The zero-order valence-electron chi connectivity index (χ0n) is 5.81. The molecule has 0 aliphatic heterocycles. The van der Waals surface area contributed by atoms with Gasteiger partial charge in [-0.15, -0.1) is 0 Å². The van der Waals surface area contributed by atoms with E-state index in [0.29, 0.717) is 0 Å². The van der Waals surface area contributed by atoms with Crippen LogP contribution in [0.5, 0.6) is 0 Å². The van der Waals surface area contributed by atoms with Crippen molar-refractivity contribution in [1.29, 1.82) is 0 Å². The summed E-state index contributed by atoms with van der Waals surface area (Å²) in [5.74, 6) is 0. The second-order valence-electron chi connectivity index (χ2n) is 1.03. The molecule has 12 heteroatoms. The molecule has 0 aliphatic carbocycles. The summed E-state index contributed by atoms with van der Waals surface area (Å²) in [7, 11) is -9.28. The van der Waals surface area contributed by atoms with Crippen molar-refractivity contribution in [2.75, 3.05) is 0 Å². The Hall–Kier alpha value is 1.47. The minimum absolute atomic E-state index is 0. The van der Waals surface area contributed by atoms with E-state index in [-0.39, 0.29) is 39.0 Å². The van der Waals surface area contributed by atoms with Crippen LogP contribution in [0.15, 0.2) is 0 Å². The molecule has 0 rings (SSSR count). The Kier molecular flexibility index (Phi) is 17.6. The van der Waals surface area contributed by atoms with Gasteiger partial charge in [0.2, 0.25) is 0 Å². The van der Waals surface area contributed by atoms with Crippen molar-refractivity contribution in [2.45, 2.75) is 0 Å². The van der Waals surface area contributed by atoms with Crippen molar-refractivity contribution < 1.29 is 77.4 Å². The van der Waals surface area contributed by atoms with Gasteiger partial charge in [-0.05, 0) is 0 Å². The van der Waals surface area contributed by atoms with E-state index < -0.39 is 15.6 Å². The van der Waals surface area contributed by atoms with Gasteiger partial charge in [-0.25, -0.2) is 9.13 Å². The van der Waals surface area contributed by atoms with E-state index >= 15 is 0 Å². The van der Waals surface area contributed by atoms with Gasteiger partial charge in [-0.3, -0.25) is 0 Å². The van der Waals surface area contributed by atoms with Crippen molar-refractivity contribution >= 4 is 15.6 Å². The maximum Gasteiger partial charge on any atom is 0.466 e. The first-order valence-electron chi connectivity index (χ1n) is 1.57. The van der Waals surface area contributed by atoms with Crippen molar-refractivity contribution in [2.24, 2.45) is 0 Å². The number of phosphoric acid groups is 2. The second kappa shape index (κ2) is 9.04. The maximum atomic E-state index is 8.88. The summed E-state index contributed by atoms with van der Waals surface area (Å²) >= 11 is 0. The molecule has 12 heavy (non-hydrogen) atoms. The quantitative estimate of drug-likeness (QED) is 0.223. The van der Waals surface area contributed by atoms with E-state index in [1.54, 1.807) is 0 Å². The molecular weight excluding hydrogens is 321 g/mol. The van der Waals surface area contributed by atoms with Gasteiger partial charge < -0.3 is 29.4 Å². The summed E-state index contributed by atoms with van der Waals surface area (Å²) in [5, 5.41) is 0. The van der Waals surface area contributed by atoms with Crippen molar-refractivity contribution in [3.63, 3.8) is 0 Å². The standard InChI is InChI=1S/2H3O4P.2Zn/c2*1-5(2,3)4;;/h2*(H3,1,2,3,4);;. The molecule has 0 amide bonds. The molecule has 0 aromatic heterocycles. The summed E-state index contributed by atoms with van der Waals surface area (Å²) in [6, 6.07) is 0. The maximum absolute atomic E-state index is 8.88. The molecule has 68 valence electrons. The summed E-state index contributed by atoms with van der Waals surface area (Å²) in [4.78, 5) is 43.1. The molecule has 0 saturated carbocycles. The summed E-state index contributed by atoms with van der Waals surface area (Å²) in [6.07, 6.45) is 0. The Morgan fingerprint density at radius 3 is 0.583 bits per heavy atom. The zero-order valence-corrected chi connectivity index (χ0v) is 13.5. The van der Waals surface area contributed by atoms with Gasteiger partial charge >= 0.3 is 15.6 Å². The molecule has 8 nitrogen and oxygen atoms in total. The molecule has 0 unspecified atom stereocenters. The molecule has 0 radical (unpaired) electrons. The molecule has 0 fully saturated rings. The minimum Gasteiger partial charge on any atom is -0.303 e. The van der Waals surface area contributed by atoms with Crippen LogP contribution < -0.4 is 0 Å². The van der Waals surface area contributed by atoms with E-state index in [4.69, 9.17) is 38.5 Å². The molecule has 0 heterocycles. The largest absolute Gasteiger partial charge is 0.466 e. The SMILES string of the molecule is O=P(O)(O)O.O=P(O)(O)O.[Zn].[Zn]. The van der Waals surface area contributed by atoms with E-state index in [9.17, 15) is 0 Å². The summed E-state index contributed by atoms with van der Waals surface area (Å²) in [5.41, 5.74) is 0. The molecule has 0 aromatic carbocycles. The molecule has 6 N–H and O–H groups in total. The molecule has 0 spiro atoms. The first-order valence-corrected chi connectivity index (χ1v) is 4.70. The normalized spacial score (nSPS) is 9.83. The van der Waals surface area contributed by atoms with Crippen molar-refractivity contribution in [3.05, 3.63) is 0 Å². The third-order valence-corrected chi connectivity index (χ3v) is 0. The fraction of sp³-hybridized carbons (Fsp3) is 0. The van der Waals surface area contributed by atoms with E-state index in [1.807, 2.05) is 0 Å². The predicted molar refractivity (Wildman–Crippen MR) is 28.5 cm³/mol. The van der Waals surface area contributed by atoms with Gasteiger partial charge in [0.05, 0.1) is 0 Å². The van der Waals surface area contributed by atoms with Crippen LogP contribution in [0.25, 0.3) is 0 Å². The molecule has 0 bridgehead atoms. The Bertz CT molecular complexity index is 127. The fourth-order valence-corrected chi connectivity index (χ4v) is 0. The van der Waals surface area contributed by atoms with E-state index in [1.165, 1.54) is 0 Å². The van der Waals surface area contributed by atoms with E-state index in [2.05, 4.69) is 0 Å². The predicted octanol–water partition coefficient (Wildman–Crippen LogP) is -1.86. The molecule has 0 atom stereocenters. The first-order chi connectivity index (χ1) is 4.00. The Balaban J connectivity index is -0.0000000457. The first kappa shape index (κ1) is 23.4. The Morgan fingerprint density at radius 2 is 0.583 bits per heavy atom. The van der Waals surface area contributed by atoms with Crippen LogP contribution in [-0.2, 0) is 48.1 Å². The van der Waals surface area contributed by atoms with Crippen LogP contribution in [0, 0.1) is 0 Å². The monoisotopic (exact) mass is 324 g/mol. The zero-order chi connectivity index (χ0) is 9.00. The van der Waals surface area contributed by atoms with Gasteiger partial charge in [-0.2, -0.15) is 0 Å². The molecule has 0 aliphatic rings. The average molecular weight is 327 g/mol. The van der Waals surface area contributed by atoms with E-state index in [0.717, 1.165) is 0 Å². The third kappa shape index (κ3) is 584. The van der Waals surface area contributed by atoms with Crippen LogP contribution in [0.4, 0.5) is 0 Å². The van der Waals surface area contributed by atoms with Gasteiger partial charge in [-0.1, -0.05) is 0 Å². The second-order valence-corrected chi connectivity index (χ2v) is 3.08. The smallest absolute Gasteiger partial charge is 0.303 e. The average Bonchev–Trinajstić information content (AvgIpc) is 1.12. The third-order valence-electron chi connectivity index (χ3n) is 0. The summed E-state index contributed by atoms with van der Waals surface area (Å²) < 4.78 is 17.8. The van der Waals surface area contributed by atoms with Crippen LogP contribution in [0.3, 0.4) is 0 Å².